The van der Waals surface area contributed by atoms with E-state index >= 15 is 0 Å². The molecule has 0 radical (unpaired) electrons. The Morgan fingerprint density at radius 2 is 1.89 bits per heavy atom. The van der Waals surface area contributed by atoms with Crippen molar-refractivity contribution >= 4 is 21.8 Å². The molecule has 0 heterocycles. The molecule has 1 rings (SSSR count). The van der Waals surface area contributed by atoms with Gasteiger partial charge in [0.15, 0.2) is 0 Å². The molecule has 0 saturated carbocycles. The molecule has 0 bridgehead atoms. The van der Waals surface area contributed by atoms with Crippen LogP contribution in [0.2, 0.25) is 0 Å². The number of benzene rings is 1. The second-order valence-corrected chi connectivity index (χ2v) is 5.90. The van der Waals surface area contributed by atoms with Gasteiger partial charge in [-0.15, -0.1) is 0 Å². The summed E-state index contributed by atoms with van der Waals surface area (Å²) in [5.74, 6) is 0.740. The highest BCUT2D eigenvalue weighted by atomic mass is 79.9. The maximum Gasteiger partial charge on any atom is 0.254 e. The SMILES string of the molecule is CCC(CC)CN(CC)C(=O)c1cc(Br)ccc1C. The predicted octanol–water partition coefficient (Wildman–Crippen LogP) is 4.66. The molecular weight excluding hydrogens is 302 g/mol. The number of carbonyl (C=O) groups is 1. The highest BCUT2D eigenvalue weighted by Gasteiger charge is 2.19. The summed E-state index contributed by atoms with van der Waals surface area (Å²) in [6, 6.07) is 5.89. The minimum absolute atomic E-state index is 0.146. The van der Waals surface area contributed by atoms with E-state index in [4.69, 9.17) is 0 Å². The van der Waals surface area contributed by atoms with Crippen LogP contribution in [0, 0.1) is 12.8 Å². The molecule has 3 heteroatoms. The second-order valence-electron chi connectivity index (χ2n) is 4.99. The summed E-state index contributed by atoms with van der Waals surface area (Å²) in [7, 11) is 0. The fraction of sp³-hybridized carbons (Fsp3) is 0.562. The van der Waals surface area contributed by atoms with Crippen LogP contribution in [0.15, 0.2) is 22.7 Å². The van der Waals surface area contributed by atoms with Gasteiger partial charge >= 0.3 is 0 Å². The third-order valence-corrected chi connectivity index (χ3v) is 4.23. The number of hydrogen-bond donors (Lipinski definition) is 0. The monoisotopic (exact) mass is 325 g/mol. The summed E-state index contributed by atoms with van der Waals surface area (Å²) in [6.07, 6.45) is 2.25. The van der Waals surface area contributed by atoms with E-state index in [-0.39, 0.29) is 5.91 Å². The van der Waals surface area contributed by atoms with Gasteiger partial charge in [0.05, 0.1) is 0 Å². The molecule has 19 heavy (non-hydrogen) atoms. The molecule has 0 aliphatic carbocycles. The van der Waals surface area contributed by atoms with Gasteiger partial charge in [-0.1, -0.05) is 48.7 Å². The molecule has 0 aromatic heterocycles. The summed E-state index contributed by atoms with van der Waals surface area (Å²) in [5, 5.41) is 0. The van der Waals surface area contributed by atoms with Gasteiger partial charge in [-0.05, 0) is 37.5 Å². The smallest absolute Gasteiger partial charge is 0.254 e. The number of carbonyl (C=O) groups excluding carboxylic acids is 1. The van der Waals surface area contributed by atoms with Crippen LogP contribution in [0.1, 0.15) is 49.5 Å². The fourth-order valence-corrected chi connectivity index (χ4v) is 2.57. The minimum atomic E-state index is 0.146. The molecular formula is C16H24BrNO. The van der Waals surface area contributed by atoms with Crippen LogP contribution in [0.4, 0.5) is 0 Å². The van der Waals surface area contributed by atoms with E-state index in [2.05, 4.69) is 29.8 Å². The van der Waals surface area contributed by atoms with E-state index in [0.717, 1.165) is 41.5 Å². The van der Waals surface area contributed by atoms with Crippen LogP contribution in [0.3, 0.4) is 0 Å². The number of rotatable bonds is 6. The predicted molar refractivity (Wildman–Crippen MR) is 84.5 cm³/mol. The Hall–Kier alpha value is -0.830. The average Bonchev–Trinajstić information content (AvgIpc) is 2.42. The molecule has 0 N–H and O–H groups in total. The largest absolute Gasteiger partial charge is 0.339 e. The average molecular weight is 326 g/mol. The zero-order valence-corrected chi connectivity index (χ0v) is 14.0. The quantitative estimate of drug-likeness (QED) is 0.745. The van der Waals surface area contributed by atoms with Gasteiger partial charge in [0.2, 0.25) is 0 Å². The minimum Gasteiger partial charge on any atom is -0.339 e. The van der Waals surface area contributed by atoms with Crippen molar-refractivity contribution < 1.29 is 4.79 Å². The Kier molecular flexibility index (Phi) is 6.56. The van der Waals surface area contributed by atoms with E-state index in [9.17, 15) is 4.79 Å². The van der Waals surface area contributed by atoms with E-state index in [1.807, 2.05) is 36.9 Å². The summed E-state index contributed by atoms with van der Waals surface area (Å²) >= 11 is 3.44. The van der Waals surface area contributed by atoms with Crippen molar-refractivity contribution in [1.29, 1.82) is 0 Å². The van der Waals surface area contributed by atoms with Crippen molar-refractivity contribution in [2.24, 2.45) is 5.92 Å². The highest BCUT2D eigenvalue weighted by Crippen LogP contribution is 2.19. The van der Waals surface area contributed by atoms with Crippen LogP contribution in [-0.2, 0) is 0 Å². The summed E-state index contributed by atoms with van der Waals surface area (Å²) < 4.78 is 0.958. The molecule has 0 aliphatic heterocycles. The first-order valence-corrected chi connectivity index (χ1v) is 7.88. The standard InChI is InChI=1S/C16H24BrNO/c1-5-13(6-2)11-18(7-3)16(19)15-10-14(17)9-8-12(15)4/h8-10,13H,5-7,11H2,1-4H3. The number of nitrogens with zero attached hydrogens (tertiary/aromatic N) is 1. The third-order valence-electron chi connectivity index (χ3n) is 3.73. The summed E-state index contributed by atoms with van der Waals surface area (Å²) in [6.45, 7) is 10.0. The number of hydrogen-bond acceptors (Lipinski definition) is 1. The molecule has 106 valence electrons. The zero-order valence-electron chi connectivity index (χ0n) is 12.4. The molecule has 0 fully saturated rings. The molecule has 1 aromatic rings. The molecule has 0 spiro atoms. The van der Waals surface area contributed by atoms with Crippen LogP contribution in [0.25, 0.3) is 0 Å². The Morgan fingerprint density at radius 1 is 1.26 bits per heavy atom. The van der Waals surface area contributed by atoms with E-state index in [1.54, 1.807) is 0 Å². The summed E-state index contributed by atoms with van der Waals surface area (Å²) in [4.78, 5) is 14.6. The zero-order chi connectivity index (χ0) is 14.4. The number of amides is 1. The lowest BCUT2D eigenvalue weighted by molar-refractivity contribution is 0.0734. The molecule has 0 unspecified atom stereocenters. The first-order valence-electron chi connectivity index (χ1n) is 7.08. The van der Waals surface area contributed by atoms with Gasteiger partial charge in [-0.3, -0.25) is 4.79 Å². The molecule has 2 nitrogen and oxygen atoms in total. The number of halogens is 1. The van der Waals surface area contributed by atoms with Crippen molar-refractivity contribution in [3.63, 3.8) is 0 Å². The first-order chi connectivity index (χ1) is 9.03. The first kappa shape index (κ1) is 16.2. The van der Waals surface area contributed by atoms with Gasteiger partial charge in [0.25, 0.3) is 5.91 Å². The van der Waals surface area contributed by atoms with Crippen molar-refractivity contribution in [3.8, 4) is 0 Å². The lowest BCUT2D eigenvalue weighted by Gasteiger charge is -2.26. The van der Waals surface area contributed by atoms with Gasteiger partial charge in [-0.2, -0.15) is 0 Å². The lowest BCUT2D eigenvalue weighted by atomic mass is 10.0. The van der Waals surface area contributed by atoms with Crippen molar-refractivity contribution in [3.05, 3.63) is 33.8 Å². The molecule has 0 aliphatic rings. The Bertz CT molecular complexity index is 427. The van der Waals surface area contributed by atoms with Gasteiger partial charge < -0.3 is 4.90 Å². The van der Waals surface area contributed by atoms with Crippen LogP contribution >= 0.6 is 15.9 Å². The van der Waals surface area contributed by atoms with Crippen LogP contribution in [-0.4, -0.2) is 23.9 Å². The van der Waals surface area contributed by atoms with E-state index in [1.165, 1.54) is 0 Å². The van der Waals surface area contributed by atoms with E-state index < -0.39 is 0 Å². The van der Waals surface area contributed by atoms with Crippen molar-refractivity contribution in [2.45, 2.75) is 40.5 Å². The van der Waals surface area contributed by atoms with Gasteiger partial charge in [0, 0.05) is 23.1 Å². The fourth-order valence-electron chi connectivity index (χ4n) is 2.21. The number of aryl methyl sites for hydroxylation is 1. The van der Waals surface area contributed by atoms with Gasteiger partial charge in [0.1, 0.15) is 0 Å². The van der Waals surface area contributed by atoms with Crippen LogP contribution in [0.5, 0.6) is 0 Å². The Morgan fingerprint density at radius 3 is 2.42 bits per heavy atom. The molecule has 0 atom stereocenters. The van der Waals surface area contributed by atoms with Crippen LogP contribution < -0.4 is 0 Å². The van der Waals surface area contributed by atoms with E-state index in [0.29, 0.717) is 5.92 Å². The van der Waals surface area contributed by atoms with Crippen molar-refractivity contribution in [1.82, 2.24) is 4.90 Å². The summed E-state index contributed by atoms with van der Waals surface area (Å²) in [5.41, 5.74) is 1.85. The molecule has 0 saturated heterocycles. The third kappa shape index (κ3) is 4.34. The Balaban J connectivity index is 2.92. The van der Waals surface area contributed by atoms with Gasteiger partial charge in [-0.25, -0.2) is 0 Å². The topological polar surface area (TPSA) is 20.3 Å². The molecule has 1 aromatic carbocycles. The second kappa shape index (κ2) is 7.68. The molecule has 1 amide bonds. The maximum atomic E-state index is 12.6. The lowest BCUT2D eigenvalue weighted by Crippen LogP contribution is -2.35. The van der Waals surface area contributed by atoms with Crippen molar-refractivity contribution in [2.75, 3.05) is 13.1 Å². The Labute approximate surface area is 125 Å². The highest BCUT2D eigenvalue weighted by molar-refractivity contribution is 9.10. The normalized spacial score (nSPS) is 10.8. The maximum absolute atomic E-state index is 12.6.